The minimum absolute atomic E-state index is 0.116. The van der Waals surface area contributed by atoms with Crippen molar-refractivity contribution in [3.05, 3.63) is 21.6 Å². The zero-order valence-electron chi connectivity index (χ0n) is 5.19. The minimum atomic E-state index is -0.116. The highest BCUT2D eigenvalue weighted by Crippen LogP contribution is 1.92. The van der Waals surface area contributed by atoms with Crippen molar-refractivity contribution in [2.75, 3.05) is 0 Å². The molecule has 1 heterocycles. The molecule has 4 nitrogen and oxygen atoms in total. The van der Waals surface area contributed by atoms with Gasteiger partial charge in [0, 0.05) is 12.2 Å². The second-order valence-corrected chi connectivity index (χ2v) is 1.89. The van der Waals surface area contributed by atoms with Gasteiger partial charge in [-0.1, -0.05) is 0 Å². The number of hydrogen-bond acceptors (Lipinski definition) is 2. The predicted octanol–water partition coefficient (Wildman–Crippen LogP) is -0.530. The lowest BCUT2D eigenvalue weighted by Gasteiger charge is -1.85. The van der Waals surface area contributed by atoms with Crippen molar-refractivity contribution < 1.29 is 0 Å². The molecule has 4 heteroatoms. The molecule has 0 aliphatic rings. The first-order chi connectivity index (χ1) is 4.25. The second-order valence-electron chi connectivity index (χ2n) is 1.89. The van der Waals surface area contributed by atoms with E-state index in [1.54, 1.807) is 6.92 Å². The number of nitrogens with one attached hydrogen (secondary N) is 2. The van der Waals surface area contributed by atoms with Gasteiger partial charge in [-0.3, -0.25) is 9.89 Å². The topological polar surface area (TPSA) is 74.7 Å². The normalized spacial score (nSPS) is 10.0. The van der Waals surface area contributed by atoms with Crippen LogP contribution in [-0.2, 0) is 6.54 Å². The Morgan fingerprint density at radius 3 is 2.44 bits per heavy atom. The first kappa shape index (κ1) is 6.10. The van der Waals surface area contributed by atoms with Crippen LogP contribution < -0.4 is 11.3 Å². The van der Waals surface area contributed by atoms with Crippen LogP contribution in [0.1, 0.15) is 11.3 Å². The van der Waals surface area contributed by atoms with Gasteiger partial charge in [-0.15, -0.1) is 0 Å². The van der Waals surface area contributed by atoms with Gasteiger partial charge in [0.15, 0.2) is 0 Å². The molecule has 0 fully saturated rings. The van der Waals surface area contributed by atoms with Crippen molar-refractivity contribution >= 4 is 0 Å². The second kappa shape index (κ2) is 2.06. The molecule has 1 rings (SSSR count). The molecule has 4 N–H and O–H groups in total. The van der Waals surface area contributed by atoms with Crippen molar-refractivity contribution in [2.24, 2.45) is 5.73 Å². The van der Waals surface area contributed by atoms with Crippen LogP contribution in [-0.4, -0.2) is 10.2 Å². The average molecular weight is 127 g/mol. The summed E-state index contributed by atoms with van der Waals surface area (Å²) in [5, 5.41) is 5.10. The van der Waals surface area contributed by atoms with Gasteiger partial charge < -0.3 is 10.8 Å². The summed E-state index contributed by atoms with van der Waals surface area (Å²) in [7, 11) is 0. The van der Waals surface area contributed by atoms with Gasteiger partial charge in [0.2, 0.25) is 0 Å². The van der Waals surface area contributed by atoms with Crippen LogP contribution >= 0.6 is 0 Å². The minimum Gasteiger partial charge on any atom is -0.326 e. The fourth-order valence-electron chi connectivity index (χ4n) is 0.717. The number of H-pyrrole nitrogens is 2. The third-order valence-electron chi connectivity index (χ3n) is 1.29. The summed E-state index contributed by atoms with van der Waals surface area (Å²) < 4.78 is 0. The predicted molar refractivity (Wildman–Crippen MR) is 34.0 cm³/mol. The lowest BCUT2D eigenvalue weighted by Crippen LogP contribution is -2.10. The summed E-state index contributed by atoms with van der Waals surface area (Å²) in [6.45, 7) is 2.10. The summed E-state index contributed by atoms with van der Waals surface area (Å²) in [6, 6.07) is 0. The highest BCUT2D eigenvalue weighted by atomic mass is 16.1. The Hall–Kier alpha value is -1.03. The smallest absolute Gasteiger partial charge is 0.268 e. The molecule has 0 aliphatic heterocycles. The van der Waals surface area contributed by atoms with E-state index < -0.39 is 0 Å². The van der Waals surface area contributed by atoms with Crippen LogP contribution in [0.2, 0.25) is 0 Å². The van der Waals surface area contributed by atoms with Gasteiger partial charge in [0.1, 0.15) is 0 Å². The molecule has 1 aromatic rings. The number of nitrogens with two attached hydrogens (primary N) is 1. The lowest BCUT2D eigenvalue weighted by atomic mass is 10.3. The van der Waals surface area contributed by atoms with Crippen molar-refractivity contribution in [3.63, 3.8) is 0 Å². The molecule has 0 atom stereocenters. The van der Waals surface area contributed by atoms with Gasteiger partial charge in [0.25, 0.3) is 5.56 Å². The van der Waals surface area contributed by atoms with E-state index in [0.717, 1.165) is 5.69 Å². The lowest BCUT2D eigenvalue weighted by molar-refractivity contribution is 1.02. The van der Waals surface area contributed by atoms with Crippen LogP contribution in [0.3, 0.4) is 0 Å². The van der Waals surface area contributed by atoms with Crippen molar-refractivity contribution in [1.29, 1.82) is 0 Å². The Morgan fingerprint density at radius 1 is 1.56 bits per heavy atom. The third-order valence-corrected chi connectivity index (χ3v) is 1.29. The molecule has 0 aliphatic carbocycles. The molecular formula is C5H9N3O. The Kier molecular flexibility index (Phi) is 1.40. The Bertz CT molecular complexity index is 247. The molecule has 0 bridgehead atoms. The van der Waals surface area contributed by atoms with E-state index in [1.165, 1.54) is 0 Å². The molecule has 0 spiro atoms. The number of rotatable bonds is 1. The van der Waals surface area contributed by atoms with E-state index in [1.807, 2.05) is 0 Å². The van der Waals surface area contributed by atoms with E-state index in [4.69, 9.17) is 5.73 Å². The average Bonchev–Trinajstić information content (AvgIpc) is 2.12. The van der Waals surface area contributed by atoms with E-state index in [0.29, 0.717) is 12.1 Å². The van der Waals surface area contributed by atoms with Crippen LogP contribution in [0.25, 0.3) is 0 Å². The summed E-state index contributed by atoms with van der Waals surface area (Å²) in [4.78, 5) is 10.7. The number of aromatic nitrogens is 2. The van der Waals surface area contributed by atoms with Gasteiger partial charge in [0.05, 0.1) is 5.56 Å². The zero-order chi connectivity index (χ0) is 6.85. The summed E-state index contributed by atoms with van der Waals surface area (Å²) >= 11 is 0. The van der Waals surface area contributed by atoms with Crippen molar-refractivity contribution in [2.45, 2.75) is 13.5 Å². The SMILES string of the molecule is Cc1[nH][nH]c(=O)c1CN. The Balaban J connectivity index is 3.23. The van der Waals surface area contributed by atoms with E-state index in [-0.39, 0.29) is 5.56 Å². The first-order valence-electron chi connectivity index (χ1n) is 2.72. The van der Waals surface area contributed by atoms with Crippen LogP contribution in [0.4, 0.5) is 0 Å². The fourth-order valence-corrected chi connectivity index (χ4v) is 0.717. The van der Waals surface area contributed by atoms with Crippen LogP contribution in [0, 0.1) is 6.92 Å². The molecule has 0 saturated heterocycles. The summed E-state index contributed by atoms with van der Waals surface area (Å²) in [6.07, 6.45) is 0. The Morgan fingerprint density at radius 2 is 2.22 bits per heavy atom. The van der Waals surface area contributed by atoms with E-state index >= 15 is 0 Å². The fraction of sp³-hybridized carbons (Fsp3) is 0.400. The molecule has 50 valence electrons. The van der Waals surface area contributed by atoms with Crippen LogP contribution in [0.5, 0.6) is 0 Å². The molecular weight excluding hydrogens is 118 g/mol. The highest BCUT2D eigenvalue weighted by Gasteiger charge is 2.00. The number of aryl methyl sites for hydroxylation is 1. The summed E-state index contributed by atoms with van der Waals surface area (Å²) in [5.74, 6) is 0. The molecule has 1 aromatic heterocycles. The van der Waals surface area contributed by atoms with Crippen LogP contribution in [0.15, 0.2) is 4.79 Å². The molecule has 0 radical (unpaired) electrons. The van der Waals surface area contributed by atoms with Crippen molar-refractivity contribution in [3.8, 4) is 0 Å². The summed E-state index contributed by atoms with van der Waals surface area (Å²) in [5.41, 5.74) is 6.60. The maximum Gasteiger partial charge on any atom is 0.268 e. The number of aromatic amines is 2. The molecule has 0 aromatic carbocycles. The van der Waals surface area contributed by atoms with Gasteiger partial charge in [-0.05, 0) is 6.92 Å². The molecule has 9 heavy (non-hydrogen) atoms. The number of hydrogen-bond donors (Lipinski definition) is 3. The van der Waals surface area contributed by atoms with Gasteiger partial charge >= 0.3 is 0 Å². The van der Waals surface area contributed by atoms with E-state index in [9.17, 15) is 4.79 Å². The largest absolute Gasteiger partial charge is 0.326 e. The standard InChI is InChI=1S/C5H9N3O/c1-3-4(2-6)5(9)8-7-3/h2,6H2,1H3,(H2,7,8,9). The highest BCUT2D eigenvalue weighted by molar-refractivity contribution is 5.13. The quantitative estimate of drug-likeness (QED) is 0.474. The van der Waals surface area contributed by atoms with Gasteiger partial charge in [-0.25, -0.2) is 0 Å². The maximum absolute atomic E-state index is 10.7. The zero-order valence-corrected chi connectivity index (χ0v) is 5.19. The molecule has 0 unspecified atom stereocenters. The third kappa shape index (κ3) is 0.882. The monoisotopic (exact) mass is 127 g/mol. The molecule has 0 amide bonds. The van der Waals surface area contributed by atoms with Crippen molar-refractivity contribution in [1.82, 2.24) is 10.2 Å². The van der Waals surface area contributed by atoms with Gasteiger partial charge in [-0.2, -0.15) is 0 Å². The molecule has 0 saturated carbocycles. The van der Waals surface area contributed by atoms with E-state index in [2.05, 4.69) is 10.2 Å². The first-order valence-corrected chi connectivity index (χ1v) is 2.72. The maximum atomic E-state index is 10.7. The Labute approximate surface area is 52.1 Å².